The Balaban J connectivity index is 1.22. The van der Waals surface area contributed by atoms with Crippen LogP contribution in [0.15, 0.2) is 128 Å². The van der Waals surface area contributed by atoms with Gasteiger partial charge in [-0.05, 0) is 59.5 Å². The van der Waals surface area contributed by atoms with Gasteiger partial charge >= 0.3 is 0 Å². The normalized spacial score (nSPS) is 12.7. The largest absolute Gasteiger partial charge is 0.366 e. The first-order valence-corrected chi connectivity index (χ1v) is 13.3. The van der Waals surface area contributed by atoms with Gasteiger partial charge in [-0.3, -0.25) is 4.98 Å². The number of anilines is 3. The minimum absolute atomic E-state index is 0.815. The summed E-state index contributed by atoms with van der Waals surface area (Å²) < 4.78 is 1.01. The van der Waals surface area contributed by atoms with Gasteiger partial charge in [0.2, 0.25) is 0 Å². The lowest BCUT2D eigenvalue weighted by molar-refractivity contribution is 0.0928. The number of hydrogen-bond donors (Lipinski definition) is 3. The SMILES string of the molecule is CC(O)(Nc1ccc(-c2ccccc2)cc1)c1cc2c(Nc3ccc(-c4ccccc4)cc3)cncc2s1. The summed E-state index contributed by atoms with van der Waals surface area (Å²) in [4.78, 5) is 5.25. The van der Waals surface area contributed by atoms with E-state index in [4.69, 9.17) is 0 Å². The maximum absolute atomic E-state index is 11.4. The molecule has 0 aliphatic carbocycles. The van der Waals surface area contributed by atoms with E-state index in [0.29, 0.717) is 0 Å². The molecule has 0 spiro atoms. The second kappa shape index (κ2) is 10.1. The lowest BCUT2D eigenvalue weighted by atomic mass is 10.1. The Morgan fingerprint density at radius 2 is 1.18 bits per heavy atom. The smallest absolute Gasteiger partial charge is 0.168 e. The monoisotopic (exact) mass is 513 g/mol. The summed E-state index contributed by atoms with van der Waals surface area (Å²) in [6.45, 7) is 1.78. The highest BCUT2D eigenvalue weighted by Crippen LogP contribution is 2.38. The van der Waals surface area contributed by atoms with E-state index in [2.05, 4.69) is 76.3 Å². The van der Waals surface area contributed by atoms with Gasteiger partial charge in [0.05, 0.1) is 21.5 Å². The van der Waals surface area contributed by atoms with Crippen LogP contribution in [0.25, 0.3) is 32.3 Å². The average molecular weight is 514 g/mol. The first kappa shape index (κ1) is 23.9. The van der Waals surface area contributed by atoms with Gasteiger partial charge in [0.1, 0.15) is 0 Å². The van der Waals surface area contributed by atoms with Crippen molar-refractivity contribution in [3.63, 3.8) is 0 Å². The molecule has 5 heteroatoms. The molecular weight excluding hydrogens is 486 g/mol. The molecule has 186 valence electrons. The molecule has 1 atom stereocenters. The van der Waals surface area contributed by atoms with Crippen molar-refractivity contribution >= 4 is 38.5 Å². The number of aliphatic hydroxyl groups is 1. The molecule has 3 N–H and O–H groups in total. The van der Waals surface area contributed by atoms with Crippen LogP contribution in [0.2, 0.25) is 0 Å². The number of aromatic nitrogens is 1. The van der Waals surface area contributed by atoms with E-state index < -0.39 is 5.72 Å². The molecule has 4 nitrogen and oxygen atoms in total. The molecule has 0 aliphatic rings. The summed E-state index contributed by atoms with van der Waals surface area (Å²) in [5.74, 6) is 0. The third-order valence-electron chi connectivity index (χ3n) is 6.58. The molecule has 0 fully saturated rings. The molecule has 38 heavy (non-hydrogen) atoms. The number of thiophene rings is 1. The molecule has 1 unspecified atom stereocenters. The zero-order chi connectivity index (χ0) is 26.0. The van der Waals surface area contributed by atoms with Crippen LogP contribution in [0.1, 0.15) is 11.8 Å². The molecule has 0 aliphatic heterocycles. The summed E-state index contributed by atoms with van der Waals surface area (Å²) in [7, 11) is 0. The van der Waals surface area contributed by atoms with Crippen molar-refractivity contribution in [2.75, 3.05) is 10.6 Å². The molecule has 0 saturated carbocycles. The fourth-order valence-electron chi connectivity index (χ4n) is 4.55. The van der Waals surface area contributed by atoms with E-state index in [1.165, 1.54) is 22.5 Å². The fraction of sp³-hybridized carbons (Fsp3) is 0.0606. The fourth-order valence-corrected chi connectivity index (χ4v) is 5.61. The average Bonchev–Trinajstić information content (AvgIpc) is 3.42. The third kappa shape index (κ3) is 5.02. The van der Waals surface area contributed by atoms with Crippen molar-refractivity contribution < 1.29 is 5.11 Å². The first-order chi connectivity index (χ1) is 18.5. The molecule has 0 bridgehead atoms. The molecule has 2 aromatic heterocycles. The lowest BCUT2D eigenvalue weighted by Crippen LogP contribution is -2.30. The van der Waals surface area contributed by atoms with Crippen LogP contribution in [-0.2, 0) is 5.72 Å². The van der Waals surface area contributed by atoms with Gasteiger partial charge < -0.3 is 15.7 Å². The van der Waals surface area contributed by atoms with Crippen molar-refractivity contribution in [1.29, 1.82) is 0 Å². The van der Waals surface area contributed by atoms with Gasteiger partial charge in [-0.1, -0.05) is 84.9 Å². The number of nitrogens with one attached hydrogen (secondary N) is 2. The quantitative estimate of drug-likeness (QED) is 0.187. The van der Waals surface area contributed by atoms with Gasteiger partial charge in [0.15, 0.2) is 5.72 Å². The number of rotatable bonds is 7. The number of hydrogen-bond acceptors (Lipinski definition) is 5. The Kier molecular flexibility index (Phi) is 6.38. The van der Waals surface area contributed by atoms with E-state index in [1.807, 2.05) is 67.0 Å². The molecule has 6 rings (SSSR count). The molecule has 4 aromatic carbocycles. The summed E-state index contributed by atoms with van der Waals surface area (Å²) in [6.07, 6.45) is 3.67. The number of pyridine rings is 1. The molecule has 2 heterocycles. The van der Waals surface area contributed by atoms with Crippen molar-refractivity contribution in [3.8, 4) is 22.3 Å². The Hall–Kier alpha value is -4.45. The van der Waals surface area contributed by atoms with Crippen molar-refractivity contribution in [2.45, 2.75) is 12.6 Å². The van der Waals surface area contributed by atoms with Crippen LogP contribution in [0.5, 0.6) is 0 Å². The summed E-state index contributed by atoms with van der Waals surface area (Å²) in [5.41, 5.74) is 6.15. The standard InChI is InChI=1S/C33H27N3OS/c1-33(37,36-28-18-14-26(15-19-28)24-10-6-3-7-11-24)32-20-29-30(21-34-22-31(29)38-32)35-27-16-12-25(13-17-27)23-8-4-2-5-9-23/h2-22,35-37H,1H3. The van der Waals surface area contributed by atoms with Crippen LogP contribution in [0, 0.1) is 0 Å². The van der Waals surface area contributed by atoms with E-state index in [9.17, 15) is 5.11 Å². The number of benzene rings is 4. The second-order valence-corrected chi connectivity index (χ2v) is 10.5. The maximum Gasteiger partial charge on any atom is 0.168 e. The molecule has 0 amide bonds. The van der Waals surface area contributed by atoms with E-state index in [1.54, 1.807) is 6.92 Å². The summed E-state index contributed by atoms with van der Waals surface area (Å²) in [6, 6.07) is 39.1. The summed E-state index contributed by atoms with van der Waals surface area (Å²) in [5, 5.41) is 19.2. The van der Waals surface area contributed by atoms with Crippen molar-refractivity contribution in [2.24, 2.45) is 0 Å². The Bertz CT molecular complexity index is 1660. The van der Waals surface area contributed by atoms with Gasteiger partial charge in [-0.15, -0.1) is 11.3 Å². The second-order valence-electron chi connectivity index (χ2n) is 9.42. The van der Waals surface area contributed by atoms with E-state index >= 15 is 0 Å². The highest BCUT2D eigenvalue weighted by molar-refractivity contribution is 7.19. The summed E-state index contributed by atoms with van der Waals surface area (Å²) >= 11 is 1.53. The molecule has 6 aromatic rings. The van der Waals surface area contributed by atoms with E-state index in [0.717, 1.165) is 43.2 Å². The van der Waals surface area contributed by atoms with Crippen LogP contribution < -0.4 is 10.6 Å². The van der Waals surface area contributed by atoms with Crippen LogP contribution >= 0.6 is 11.3 Å². The van der Waals surface area contributed by atoms with Crippen LogP contribution in [0.3, 0.4) is 0 Å². The van der Waals surface area contributed by atoms with Gasteiger partial charge in [0, 0.05) is 23.0 Å². The minimum Gasteiger partial charge on any atom is -0.366 e. The maximum atomic E-state index is 11.4. The molecule has 0 radical (unpaired) electrons. The van der Waals surface area contributed by atoms with Crippen LogP contribution in [0.4, 0.5) is 17.1 Å². The Labute approximate surface area is 226 Å². The minimum atomic E-state index is -1.24. The van der Waals surface area contributed by atoms with Gasteiger partial charge in [0.25, 0.3) is 0 Å². The first-order valence-electron chi connectivity index (χ1n) is 12.5. The predicted molar refractivity (Wildman–Crippen MR) is 160 cm³/mol. The van der Waals surface area contributed by atoms with Crippen molar-refractivity contribution in [3.05, 3.63) is 133 Å². The zero-order valence-electron chi connectivity index (χ0n) is 20.9. The highest BCUT2D eigenvalue weighted by atomic mass is 32.1. The predicted octanol–water partition coefficient (Wildman–Crippen LogP) is 8.65. The molecular formula is C33H27N3OS. The Morgan fingerprint density at radius 1 is 0.658 bits per heavy atom. The third-order valence-corrected chi connectivity index (χ3v) is 7.86. The topological polar surface area (TPSA) is 57.2 Å². The van der Waals surface area contributed by atoms with Gasteiger partial charge in [-0.25, -0.2) is 0 Å². The lowest BCUT2D eigenvalue weighted by Gasteiger charge is -2.25. The van der Waals surface area contributed by atoms with Crippen molar-refractivity contribution in [1.82, 2.24) is 4.98 Å². The van der Waals surface area contributed by atoms with Crippen LogP contribution in [-0.4, -0.2) is 10.1 Å². The van der Waals surface area contributed by atoms with E-state index in [-0.39, 0.29) is 0 Å². The number of fused-ring (bicyclic) bond motifs is 1. The highest BCUT2D eigenvalue weighted by Gasteiger charge is 2.26. The van der Waals surface area contributed by atoms with Gasteiger partial charge in [-0.2, -0.15) is 0 Å². The molecule has 0 saturated heterocycles. The Morgan fingerprint density at radius 3 is 1.76 bits per heavy atom. The zero-order valence-corrected chi connectivity index (χ0v) is 21.7. The number of nitrogens with zero attached hydrogens (tertiary/aromatic N) is 1.